The molecule has 6 nitrogen and oxygen atoms in total. The number of carbonyl (C=O) groups excluding carboxylic acids is 2. The molecule has 0 radical (unpaired) electrons. The van der Waals surface area contributed by atoms with Crippen LogP contribution in [0.15, 0.2) is 24.3 Å². The van der Waals surface area contributed by atoms with Crippen LogP contribution in [0.4, 0.5) is 0 Å². The molecule has 1 heterocycles. The number of halogens is 1. The largest absolute Gasteiger partial charge is 0.468 e. The molecule has 0 N–H and O–H groups in total. The first-order chi connectivity index (χ1) is 11.1. The van der Waals surface area contributed by atoms with Crippen molar-refractivity contribution in [2.45, 2.75) is 6.04 Å². The Morgan fingerprint density at radius 3 is 2.39 bits per heavy atom. The molecule has 0 saturated carbocycles. The van der Waals surface area contributed by atoms with Crippen molar-refractivity contribution in [3.63, 3.8) is 0 Å². The van der Waals surface area contributed by atoms with E-state index in [2.05, 4.69) is 0 Å². The highest BCUT2D eigenvalue weighted by atomic mass is 35.5. The van der Waals surface area contributed by atoms with Crippen LogP contribution in [0.25, 0.3) is 0 Å². The van der Waals surface area contributed by atoms with Gasteiger partial charge in [-0.25, -0.2) is 4.79 Å². The van der Waals surface area contributed by atoms with Crippen LogP contribution >= 0.6 is 11.6 Å². The van der Waals surface area contributed by atoms with Gasteiger partial charge in [0, 0.05) is 38.3 Å². The predicted octanol–water partition coefficient (Wildman–Crippen LogP) is 1.34. The monoisotopic (exact) mass is 340 g/mol. The van der Waals surface area contributed by atoms with Gasteiger partial charge < -0.3 is 14.4 Å². The number of esters is 1. The third-order valence-corrected chi connectivity index (χ3v) is 4.27. The minimum atomic E-state index is -0.562. The summed E-state index contributed by atoms with van der Waals surface area (Å²) in [5, 5.41) is 0.529. The SMILES string of the molecule is COCC(=O)N1CCN(C(C(=O)OC)c2ccccc2Cl)CC1. The maximum Gasteiger partial charge on any atom is 0.327 e. The Bertz CT molecular complexity index is 559. The third kappa shape index (κ3) is 4.22. The molecular weight excluding hydrogens is 320 g/mol. The number of carbonyl (C=O) groups is 2. The number of amides is 1. The first-order valence-corrected chi connectivity index (χ1v) is 7.79. The van der Waals surface area contributed by atoms with Gasteiger partial charge in [-0.15, -0.1) is 0 Å². The lowest BCUT2D eigenvalue weighted by Gasteiger charge is -2.38. The van der Waals surface area contributed by atoms with Gasteiger partial charge in [0.1, 0.15) is 12.6 Å². The van der Waals surface area contributed by atoms with E-state index in [9.17, 15) is 9.59 Å². The zero-order chi connectivity index (χ0) is 16.8. The predicted molar refractivity (Wildman–Crippen MR) is 86.2 cm³/mol. The van der Waals surface area contributed by atoms with E-state index in [0.29, 0.717) is 31.2 Å². The summed E-state index contributed by atoms with van der Waals surface area (Å²) in [5.41, 5.74) is 0.720. The van der Waals surface area contributed by atoms with Crippen molar-refractivity contribution in [2.24, 2.45) is 0 Å². The smallest absolute Gasteiger partial charge is 0.327 e. The summed E-state index contributed by atoms with van der Waals surface area (Å²) in [6.07, 6.45) is 0. The third-order valence-electron chi connectivity index (χ3n) is 3.92. The van der Waals surface area contributed by atoms with Crippen LogP contribution in [-0.4, -0.2) is 68.7 Å². The van der Waals surface area contributed by atoms with Crippen molar-refractivity contribution in [3.05, 3.63) is 34.9 Å². The summed E-state index contributed by atoms with van der Waals surface area (Å²) in [7, 11) is 2.86. The van der Waals surface area contributed by atoms with E-state index in [1.54, 1.807) is 11.0 Å². The van der Waals surface area contributed by atoms with E-state index in [1.807, 2.05) is 23.1 Å². The molecule has 0 spiro atoms. The highest BCUT2D eigenvalue weighted by Crippen LogP contribution is 2.29. The Morgan fingerprint density at radius 2 is 1.83 bits per heavy atom. The molecular formula is C16H21ClN2O4. The molecule has 0 bridgehead atoms. The normalized spacial score (nSPS) is 16.9. The van der Waals surface area contributed by atoms with Gasteiger partial charge >= 0.3 is 5.97 Å². The molecule has 1 aromatic carbocycles. The summed E-state index contributed by atoms with van der Waals surface area (Å²) in [6.45, 7) is 2.30. The van der Waals surface area contributed by atoms with Crippen molar-refractivity contribution in [1.82, 2.24) is 9.80 Å². The van der Waals surface area contributed by atoms with Crippen molar-refractivity contribution >= 4 is 23.5 Å². The van der Waals surface area contributed by atoms with Gasteiger partial charge in [-0.05, 0) is 11.6 Å². The van der Waals surface area contributed by atoms with Crippen LogP contribution in [0.1, 0.15) is 11.6 Å². The van der Waals surface area contributed by atoms with Gasteiger partial charge in [0.2, 0.25) is 5.91 Å². The number of methoxy groups -OCH3 is 2. The summed E-state index contributed by atoms with van der Waals surface area (Å²) in [4.78, 5) is 27.8. The second kappa shape index (κ2) is 8.29. The van der Waals surface area contributed by atoms with Crippen molar-refractivity contribution < 1.29 is 19.1 Å². The van der Waals surface area contributed by atoms with Crippen molar-refractivity contribution in [2.75, 3.05) is 47.0 Å². The zero-order valence-electron chi connectivity index (χ0n) is 13.3. The zero-order valence-corrected chi connectivity index (χ0v) is 14.1. The molecule has 23 heavy (non-hydrogen) atoms. The minimum absolute atomic E-state index is 0.0421. The second-order valence-corrected chi connectivity index (χ2v) is 5.70. The van der Waals surface area contributed by atoms with Crippen LogP contribution in [0.2, 0.25) is 5.02 Å². The van der Waals surface area contributed by atoms with E-state index in [-0.39, 0.29) is 18.5 Å². The maximum absolute atomic E-state index is 12.3. The van der Waals surface area contributed by atoms with E-state index >= 15 is 0 Å². The molecule has 1 aliphatic rings. The molecule has 1 unspecified atom stereocenters. The van der Waals surface area contributed by atoms with Crippen molar-refractivity contribution in [3.8, 4) is 0 Å². The maximum atomic E-state index is 12.3. The number of benzene rings is 1. The number of ether oxygens (including phenoxy) is 2. The van der Waals surface area contributed by atoms with Gasteiger partial charge in [0.25, 0.3) is 0 Å². The van der Waals surface area contributed by atoms with Crippen LogP contribution in [-0.2, 0) is 19.1 Å². The highest BCUT2D eigenvalue weighted by Gasteiger charge is 2.33. The summed E-state index contributed by atoms with van der Waals surface area (Å²) >= 11 is 6.24. The first-order valence-electron chi connectivity index (χ1n) is 7.41. The fourth-order valence-electron chi connectivity index (χ4n) is 2.73. The van der Waals surface area contributed by atoms with E-state index in [1.165, 1.54) is 14.2 Å². The Balaban J connectivity index is 2.12. The number of hydrogen-bond acceptors (Lipinski definition) is 5. The molecule has 1 atom stereocenters. The van der Waals surface area contributed by atoms with Gasteiger partial charge in [-0.2, -0.15) is 0 Å². The topological polar surface area (TPSA) is 59.1 Å². The molecule has 2 rings (SSSR count). The van der Waals surface area contributed by atoms with Crippen molar-refractivity contribution in [1.29, 1.82) is 0 Å². The van der Waals surface area contributed by atoms with Crippen LogP contribution in [0, 0.1) is 0 Å². The number of nitrogens with zero attached hydrogens (tertiary/aromatic N) is 2. The first kappa shape index (κ1) is 17.7. The number of hydrogen-bond donors (Lipinski definition) is 0. The Hall–Kier alpha value is -1.63. The Labute approximate surface area is 140 Å². The van der Waals surface area contributed by atoms with Crippen LogP contribution in [0.3, 0.4) is 0 Å². The fraction of sp³-hybridized carbons (Fsp3) is 0.500. The molecule has 1 saturated heterocycles. The number of rotatable bonds is 5. The van der Waals surface area contributed by atoms with Gasteiger partial charge in [0.05, 0.1) is 7.11 Å². The quantitative estimate of drug-likeness (QED) is 0.757. The molecule has 126 valence electrons. The fourth-order valence-corrected chi connectivity index (χ4v) is 2.96. The number of piperazine rings is 1. The standard InChI is InChI=1S/C16H21ClN2O4/c1-22-11-14(20)18-7-9-19(10-8-18)15(16(21)23-2)12-5-3-4-6-13(12)17/h3-6,15H,7-11H2,1-2H3. The van der Waals surface area contributed by atoms with Gasteiger partial charge in [0.15, 0.2) is 0 Å². The summed E-state index contributed by atoms with van der Waals surface area (Å²) in [5.74, 6) is -0.394. The highest BCUT2D eigenvalue weighted by molar-refractivity contribution is 6.31. The lowest BCUT2D eigenvalue weighted by molar-refractivity contribution is -0.149. The van der Waals surface area contributed by atoms with E-state index < -0.39 is 6.04 Å². The summed E-state index contributed by atoms with van der Waals surface area (Å²) < 4.78 is 9.82. The molecule has 1 fully saturated rings. The molecule has 0 aromatic heterocycles. The van der Waals surface area contributed by atoms with E-state index in [4.69, 9.17) is 21.1 Å². The Morgan fingerprint density at radius 1 is 1.17 bits per heavy atom. The van der Waals surface area contributed by atoms with Gasteiger partial charge in [-0.1, -0.05) is 29.8 Å². The molecule has 1 aromatic rings. The summed E-state index contributed by atoms with van der Waals surface area (Å²) in [6, 6.07) is 6.68. The molecule has 7 heteroatoms. The molecule has 0 aliphatic carbocycles. The Kier molecular flexibility index (Phi) is 6.38. The van der Waals surface area contributed by atoms with Crippen LogP contribution in [0.5, 0.6) is 0 Å². The average Bonchev–Trinajstić information content (AvgIpc) is 2.57. The average molecular weight is 341 g/mol. The second-order valence-electron chi connectivity index (χ2n) is 5.30. The molecule has 1 aliphatic heterocycles. The minimum Gasteiger partial charge on any atom is -0.468 e. The molecule has 1 amide bonds. The van der Waals surface area contributed by atoms with E-state index in [0.717, 1.165) is 5.56 Å². The van der Waals surface area contributed by atoms with Crippen LogP contribution < -0.4 is 0 Å². The lowest BCUT2D eigenvalue weighted by atomic mass is 10.0. The van der Waals surface area contributed by atoms with Gasteiger partial charge in [-0.3, -0.25) is 9.69 Å². The lowest BCUT2D eigenvalue weighted by Crippen LogP contribution is -2.51.